The van der Waals surface area contributed by atoms with Crippen LogP contribution in [0.2, 0.25) is 11.1 Å². The first-order valence-electron chi connectivity index (χ1n) is 3.77. The van der Waals surface area contributed by atoms with Crippen molar-refractivity contribution in [1.29, 1.82) is 0 Å². The second kappa shape index (κ2) is 3.58. The molecule has 0 fully saturated rings. The van der Waals surface area contributed by atoms with E-state index in [1.165, 1.54) is 0 Å². The first-order chi connectivity index (χ1) is 4.45. The second-order valence-electron chi connectivity index (χ2n) is 3.34. The highest BCUT2D eigenvalue weighted by Gasteiger charge is 2.34. The smallest absolute Gasteiger partial charge is 0.161 e. The highest BCUT2D eigenvalue weighted by Crippen LogP contribution is 2.36. The van der Waals surface area contributed by atoms with E-state index in [9.17, 15) is 0 Å². The molecule has 0 aromatic heterocycles. The number of hydrogen-bond donors (Lipinski definition) is 0. The monoisotopic (exact) mass is 176 g/mol. The van der Waals surface area contributed by atoms with Gasteiger partial charge < -0.3 is 0 Å². The van der Waals surface area contributed by atoms with Crippen LogP contribution in [-0.2, 0) is 0 Å². The lowest BCUT2D eigenvalue weighted by molar-refractivity contribution is 0.939. The molecule has 0 aliphatic carbocycles. The molecule has 0 nitrogen and oxygen atoms in total. The third-order valence-electron chi connectivity index (χ3n) is 2.08. The number of hydrogen-bond acceptors (Lipinski definition) is 0. The average molecular weight is 177 g/mol. The van der Waals surface area contributed by atoms with Crippen LogP contribution in [0.1, 0.15) is 27.7 Å². The largest absolute Gasteiger partial charge is 0.184 e. The highest BCUT2D eigenvalue weighted by molar-refractivity contribution is 7.24. The van der Waals surface area contributed by atoms with Gasteiger partial charge in [0.1, 0.15) is 0 Å². The van der Waals surface area contributed by atoms with Crippen LogP contribution in [0.15, 0.2) is 12.3 Å². The summed E-state index contributed by atoms with van der Waals surface area (Å²) in [7, 11) is -1.64. The predicted molar refractivity (Wildman–Crippen MR) is 52.0 cm³/mol. The number of rotatable bonds is 3. The maximum Gasteiger partial charge on any atom is 0.184 e. The summed E-state index contributed by atoms with van der Waals surface area (Å²) in [5.74, 6) is 0. The van der Waals surface area contributed by atoms with Crippen molar-refractivity contribution >= 4 is 18.5 Å². The molecular weight excluding hydrogens is 160 g/mol. The summed E-state index contributed by atoms with van der Waals surface area (Å²) in [6.45, 7) is 12.5. The summed E-state index contributed by atoms with van der Waals surface area (Å²) in [5, 5.41) is 0. The molecule has 0 spiro atoms. The Balaban J connectivity index is 4.38. The normalized spacial score (nSPS) is 12.7. The van der Waals surface area contributed by atoms with Gasteiger partial charge in [0.25, 0.3) is 0 Å². The minimum absolute atomic E-state index is 0.590. The lowest BCUT2D eigenvalue weighted by atomic mass is 10.5. The van der Waals surface area contributed by atoms with Crippen molar-refractivity contribution in [2.75, 3.05) is 0 Å². The van der Waals surface area contributed by atoms with E-state index in [1.807, 2.05) is 5.70 Å². The molecule has 60 valence electrons. The third kappa shape index (κ3) is 1.86. The van der Waals surface area contributed by atoms with Gasteiger partial charge in [-0.2, -0.15) is 11.1 Å². The topological polar surface area (TPSA) is 0 Å². The molecule has 0 aromatic rings. The van der Waals surface area contributed by atoms with Gasteiger partial charge in [-0.15, -0.1) is 6.58 Å². The summed E-state index contributed by atoms with van der Waals surface area (Å²) in [6.07, 6.45) is 0. The summed E-state index contributed by atoms with van der Waals surface area (Å²) < 4.78 is 0. The van der Waals surface area contributed by atoms with Crippen molar-refractivity contribution < 1.29 is 0 Å². The average Bonchev–Trinajstić information content (AvgIpc) is 1.85. The van der Waals surface area contributed by atoms with Crippen LogP contribution in [0.3, 0.4) is 0 Å². The van der Waals surface area contributed by atoms with Gasteiger partial charge in [0.2, 0.25) is 0 Å². The van der Waals surface area contributed by atoms with Crippen LogP contribution in [0.4, 0.5) is 0 Å². The minimum atomic E-state index is -1.64. The Bertz CT molecular complexity index is 110. The van der Waals surface area contributed by atoms with E-state index in [-0.39, 0.29) is 0 Å². The van der Waals surface area contributed by atoms with Crippen LogP contribution in [0, 0.1) is 0 Å². The fourth-order valence-electron chi connectivity index (χ4n) is 1.14. The lowest BCUT2D eigenvalue weighted by Crippen LogP contribution is -2.32. The Morgan fingerprint density at radius 1 is 1.20 bits per heavy atom. The van der Waals surface area contributed by atoms with Crippen molar-refractivity contribution in [3.05, 3.63) is 12.3 Å². The third-order valence-corrected chi connectivity index (χ3v) is 9.33. The minimum Gasteiger partial charge on any atom is -0.161 e. The van der Waals surface area contributed by atoms with Gasteiger partial charge in [-0.1, -0.05) is 33.4 Å². The van der Waals surface area contributed by atoms with Gasteiger partial charge in [0.05, 0.1) is 0 Å². The Hall–Kier alpha value is 0.247. The molecule has 0 atom stereocenters. The molecule has 10 heavy (non-hydrogen) atoms. The molecule has 0 radical (unpaired) electrons. The van der Waals surface area contributed by atoms with Gasteiger partial charge in [-0.3, -0.25) is 0 Å². The van der Waals surface area contributed by atoms with Crippen molar-refractivity contribution in [2.24, 2.45) is 0 Å². The molecule has 0 amide bonds. The van der Waals surface area contributed by atoms with Crippen molar-refractivity contribution in [3.63, 3.8) is 0 Å². The molecule has 2 heteroatoms. The molecule has 0 aliphatic heterocycles. The summed E-state index contributed by atoms with van der Waals surface area (Å²) in [4.78, 5) is 0. The molecule has 0 bridgehead atoms. The Labute approximate surface area is 70.0 Å². The van der Waals surface area contributed by atoms with E-state index in [1.54, 1.807) is 0 Å². The van der Waals surface area contributed by atoms with Gasteiger partial charge in [0, 0.05) is 0 Å². The fraction of sp³-hybridized carbons (Fsp3) is 0.750. The first kappa shape index (κ1) is 10.2. The fourth-order valence-corrected chi connectivity index (χ4v) is 3.41. The molecule has 0 rings (SSSR count). The van der Waals surface area contributed by atoms with E-state index < -0.39 is 7.38 Å². The Morgan fingerprint density at radius 2 is 1.50 bits per heavy atom. The van der Waals surface area contributed by atoms with Crippen LogP contribution in [0.25, 0.3) is 0 Å². The van der Waals surface area contributed by atoms with Crippen molar-refractivity contribution in [3.8, 4) is 0 Å². The van der Waals surface area contributed by atoms with Crippen LogP contribution >= 0.6 is 11.1 Å². The molecule has 0 saturated carbocycles. The molecular formula is C8H17ClSi. The van der Waals surface area contributed by atoms with Gasteiger partial charge in [-0.05, 0) is 11.1 Å². The molecule has 0 aliphatic rings. The van der Waals surface area contributed by atoms with E-state index >= 15 is 0 Å². The second-order valence-corrected chi connectivity index (χ2v) is 9.68. The van der Waals surface area contributed by atoms with Crippen LogP contribution in [-0.4, -0.2) is 7.38 Å². The lowest BCUT2D eigenvalue weighted by Gasteiger charge is -2.28. The summed E-state index contributed by atoms with van der Waals surface area (Å²) in [5.41, 5.74) is 3.17. The molecule has 0 aromatic carbocycles. The SMILES string of the molecule is C=C[Si](Cl)(C(C)C)C(C)C. The van der Waals surface area contributed by atoms with E-state index in [0.717, 1.165) is 0 Å². The molecule has 0 heterocycles. The van der Waals surface area contributed by atoms with Crippen molar-refractivity contribution in [1.82, 2.24) is 0 Å². The highest BCUT2D eigenvalue weighted by atomic mass is 35.6. The zero-order valence-electron chi connectivity index (χ0n) is 7.32. The molecule has 0 unspecified atom stereocenters. The summed E-state index contributed by atoms with van der Waals surface area (Å²) in [6, 6.07) is 0. The van der Waals surface area contributed by atoms with Gasteiger partial charge >= 0.3 is 0 Å². The molecule has 0 saturated heterocycles. The van der Waals surface area contributed by atoms with Crippen LogP contribution < -0.4 is 0 Å². The van der Waals surface area contributed by atoms with Crippen LogP contribution in [0.5, 0.6) is 0 Å². The summed E-state index contributed by atoms with van der Waals surface area (Å²) >= 11 is 6.41. The Kier molecular flexibility index (Phi) is 3.67. The maximum atomic E-state index is 6.41. The van der Waals surface area contributed by atoms with E-state index in [2.05, 4.69) is 34.3 Å². The number of halogens is 1. The quantitative estimate of drug-likeness (QED) is 0.454. The Morgan fingerprint density at radius 3 is 1.50 bits per heavy atom. The first-order valence-corrected chi connectivity index (χ1v) is 7.02. The van der Waals surface area contributed by atoms with E-state index in [4.69, 9.17) is 11.1 Å². The zero-order chi connectivity index (χ0) is 8.36. The predicted octanol–water partition coefficient (Wildman–Crippen LogP) is 3.72. The molecule has 0 N–H and O–H groups in total. The van der Waals surface area contributed by atoms with E-state index in [0.29, 0.717) is 11.1 Å². The van der Waals surface area contributed by atoms with Gasteiger partial charge in [0.15, 0.2) is 7.38 Å². The van der Waals surface area contributed by atoms with Crippen molar-refractivity contribution in [2.45, 2.75) is 38.8 Å². The standard InChI is InChI=1S/C8H17ClSi/c1-6-10(9,7(2)3)8(4)5/h6-8H,1H2,2-5H3. The maximum absolute atomic E-state index is 6.41. The zero-order valence-corrected chi connectivity index (χ0v) is 9.07. The van der Waals surface area contributed by atoms with Gasteiger partial charge in [-0.25, -0.2) is 0 Å².